The van der Waals surface area contributed by atoms with E-state index in [1.165, 1.54) is 6.26 Å². The summed E-state index contributed by atoms with van der Waals surface area (Å²) in [5, 5.41) is 12.0. The molecule has 2 aromatic rings. The summed E-state index contributed by atoms with van der Waals surface area (Å²) < 4.78 is 5.22. The Labute approximate surface area is 112 Å². The number of nitrogens with one attached hydrogen (secondary N) is 1. The summed E-state index contributed by atoms with van der Waals surface area (Å²) in [6.07, 6.45) is 2.97. The molecule has 4 heteroatoms. The quantitative estimate of drug-likeness (QED) is 0.867. The number of phenols is 1. The number of benzene rings is 1. The van der Waals surface area contributed by atoms with Crippen molar-refractivity contribution in [2.24, 2.45) is 0 Å². The second-order valence-corrected chi connectivity index (χ2v) is 4.28. The van der Waals surface area contributed by atoms with E-state index < -0.39 is 0 Å². The third-order valence-corrected chi connectivity index (χ3v) is 2.95. The molecule has 1 heterocycles. The number of amides is 1. The summed E-state index contributed by atoms with van der Waals surface area (Å²) in [5.74, 6) is 0.852. The highest BCUT2D eigenvalue weighted by Crippen LogP contribution is 2.11. The summed E-state index contributed by atoms with van der Waals surface area (Å²) in [7, 11) is 0. The van der Waals surface area contributed by atoms with Gasteiger partial charge in [-0.2, -0.15) is 0 Å². The maximum absolute atomic E-state index is 11.9. The smallest absolute Gasteiger partial charge is 0.254 e. The highest BCUT2D eigenvalue weighted by molar-refractivity contribution is 5.95. The molecule has 1 aromatic heterocycles. The topological polar surface area (TPSA) is 62.5 Å². The van der Waals surface area contributed by atoms with Gasteiger partial charge in [-0.3, -0.25) is 4.79 Å². The van der Waals surface area contributed by atoms with Gasteiger partial charge in [-0.15, -0.1) is 0 Å². The zero-order chi connectivity index (χ0) is 13.7. The van der Waals surface area contributed by atoms with Crippen LogP contribution in [0.2, 0.25) is 0 Å². The van der Waals surface area contributed by atoms with E-state index in [4.69, 9.17) is 4.42 Å². The van der Waals surface area contributed by atoms with Crippen LogP contribution in [-0.2, 0) is 12.8 Å². The Hall–Kier alpha value is -2.23. The van der Waals surface area contributed by atoms with E-state index in [0.29, 0.717) is 24.3 Å². The maximum atomic E-state index is 11.9. The molecule has 0 atom stereocenters. The van der Waals surface area contributed by atoms with Crippen LogP contribution >= 0.6 is 0 Å². The minimum absolute atomic E-state index is 0.107. The lowest BCUT2D eigenvalue weighted by atomic mass is 10.1. The van der Waals surface area contributed by atoms with E-state index in [1.807, 2.05) is 19.1 Å². The first kappa shape index (κ1) is 13.2. The van der Waals surface area contributed by atoms with Gasteiger partial charge >= 0.3 is 0 Å². The molecule has 1 amide bonds. The molecule has 0 aliphatic heterocycles. The molecule has 2 rings (SSSR count). The molecule has 0 aliphatic carbocycles. The minimum Gasteiger partial charge on any atom is -0.508 e. The molecule has 0 radical (unpaired) electrons. The zero-order valence-electron chi connectivity index (χ0n) is 10.8. The number of phenolic OH excluding ortho intramolecular Hbond substituents is 1. The number of aryl methyl sites for hydroxylation is 1. The lowest BCUT2D eigenvalue weighted by molar-refractivity contribution is 0.0952. The van der Waals surface area contributed by atoms with Crippen LogP contribution in [0.1, 0.15) is 28.6 Å². The fourth-order valence-corrected chi connectivity index (χ4v) is 1.89. The minimum atomic E-state index is -0.107. The Bertz CT molecular complexity index is 543. The fraction of sp³-hybridized carbons (Fsp3) is 0.267. The van der Waals surface area contributed by atoms with E-state index >= 15 is 0 Å². The van der Waals surface area contributed by atoms with Crippen LogP contribution in [-0.4, -0.2) is 17.6 Å². The lowest BCUT2D eigenvalue weighted by Crippen LogP contribution is -2.26. The first-order valence-electron chi connectivity index (χ1n) is 6.33. The third kappa shape index (κ3) is 3.37. The van der Waals surface area contributed by atoms with Crippen molar-refractivity contribution < 1.29 is 14.3 Å². The van der Waals surface area contributed by atoms with Gasteiger partial charge < -0.3 is 14.8 Å². The van der Waals surface area contributed by atoms with Crippen LogP contribution in [0.4, 0.5) is 0 Å². The number of carbonyl (C=O) groups is 1. The number of carbonyl (C=O) groups excluding carboxylic acids is 1. The van der Waals surface area contributed by atoms with Crippen LogP contribution < -0.4 is 5.32 Å². The average molecular weight is 259 g/mol. The Kier molecular flexibility index (Phi) is 4.23. The molecule has 0 saturated carbocycles. The van der Waals surface area contributed by atoms with E-state index in [0.717, 1.165) is 12.0 Å². The van der Waals surface area contributed by atoms with Crippen molar-refractivity contribution in [3.05, 3.63) is 53.5 Å². The Balaban J connectivity index is 1.86. The zero-order valence-corrected chi connectivity index (χ0v) is 10.8. The molecule has 1 aromatic carbocycles. The van der Waals surface area contributed by atoms with Crippen LogP contribution in [0.5, 0.6) is 5.75 Å². The van der Waals surface area contributed by atoms with Crippen molar-refractivity contribution in [1.29, 1.82) is 0 Å². The summed E-state index contributed by atoms with van der Waals surface area (Å²) in [5.41, 5.74) is 1.68. The van der Waals surface area contributed by atoms with Gasteiger partial charge in [0, 0.05) is 13.0 Å². The second kappa shape index (κ2) is 6.09. The van der Waals surface area contributed by atoms with Gasteiger partial charge in [-0.05, 0) is 30.2 Å². The third-order valence-electron chi connectivity index (χ3n) is 2.95. The fourth-order valence-electron chi connectivity index (χ4n) is 1.89. The van der Waals surface area contributed by atoms with Crippen LogP contribution in [0.15, 0.2) is 41.0 Å². The van der Waals surface area contributed by atoms with Crippen LogP contribution in [0.25, 0.3) is 0 Å². The van der Waals surface area contributed by atoms with Gasteiger partial charge in [0.15, 0.2) is 0 Å². The van der Waals surface area contributed by atoms with E-state index in [1.54, 1.807) is 18.2 Å². The van der Waals surface area contributed by atoms with Gasteiger partial charge in [-0.1, -0.05) is 19.1 Å². The van der Waals surface area contributed by atoms with Crippen molar-refractivity contribution in [1.82, 2.24) is 5.32 Å². The van der Waals surface area contributed by atoms with Crippen molar-refractivity contribution in [2.45, 2.75) is 19.8 Å². The molecule has 0 fully saturated rings. The molecule has 100 valence electrons. The Morgan fingerprint density at radius 1 is 1.26 bits per heavy atom. The van der Waals surface area contributed by atoms with Crippen molar-refractivity contribution in [3.8, 4) is 5.75 Å². The van der Waals surface area contributed by atoms with E-state index in [-0.39, 0.29) is 11.7 Å². The summed E-state index contributed by atoms with van der Waals surface area (Å²) in [6, 6.07) is 8.66. The van der Waals surface area contributed by atoms with Gasteiger partial charge in [0.25, 0.3) is 5.91 Å². The van der Waals surface area contributed by atoms with Gasteiger partial charge in [0.1, 0.15) is 11.5 Å². The maximum Gasteiger partial charge on any atom is 0.254 e. The van der Waals surface area contributed by atoms with Crippen molar-refractivity contribution >= 4 is 5.91 Å². The van der Waals surface area contributed by atoms with Crippen molar-refractivity contribution in [3.63, 3.8) is 0 Å². The highest BCUT2D eigenvalue weighted by Gasteiger charge is 2.12. The van der Waals surface area contributed by atoms with Crippen LogP contribution in [0.3, 0.4) is 0 Å². The predicted molar refractivity (Wildman–Crippen MR) is 72.2 cm³/mol. The molecule has 0 spiro atoms. The van der Waals surface area contributed by atoms with Crippen LogP contribution in [0, 0.1) is 0 Å². The predicted octanol–water partition coefficient (Wildman–Crippen LogP) is 2.52. The lowest BCUT2D eigenvalue weighted by Gasteiger charge is -2.05. The summed E-state index contributed by atoms with van der Waals surface area (Å²) in [4.78, 5) is 11.9. The van der Waals surface area contributed by atoms with E-state index in [9.17, 15) is 9.90 Å². The standard InChI is InChI=1S/C15H17NO3/c1-2-14-13(8-10-19-14)15(18)16-9-7-11-3-5-12(17)6-4-11/h3-6,8,10,17H,2,7,9H2,1H3,(H,16,18). The molecular formula is C15H17NO3. The summed E-state index contributed by atoms with van der Waals surface area (Å²) in [6.45, 7) is 2.50. The monoisotopic (exact) mass is 259 g/mol. The SMILES string of the molecule is CCc1occc1C(=O)NCCc1ccc(O)cc1. The first-order chi connectivity index (χ1) is 9.20. The summed E-state index contributed by atoms with van der Waals surface area (Å²) >= 11 is 0. The largest absolute Gasteiger partial charge is 0.508 e. The Morgan fingerprint density at radius 2 is 2.00 bits per heavy atom. The van der Waals surface area contributed by atoms with Crippen molar-refractivity contribution in [2.75, 3.05) is 6.54 Å². The average Bonchev–Trinajstić information content (AvgIpc) is 2.89. The first-order valence-corrected chi connectivity index (χ1v) is 6.33. The Morgan fingerprint density at radius 3 is 2.68 bits per heavy atom. The number of furan rings is 1. The molecule has 0 unspecified atom stereocenters. The van der Waals surface area contributed by atoms with Gasteiger partial charge in [-0.25, -0.2) is 0 Å². The molecule has 0 aliphatic rings. The molecule has 2 N–H and O–H groups in total. The molecule has 0 saturated heterocycles. The highest BCUT2D eigenvalue weighted by atomic mass is 16.3. The number of rotatable bonds is 5. The molecule has 4 nitrogen and oxygen atoms in total. The van der Waals surface area contributed by atoms with Gasteiger partial charge in [0.2, 0.25) is 0 Å². The molecule has 19 heavy (non-hydrogen) atoms. The molecule has 0 bridgehead atoms. The second-order valence-electron chi connectivity index (χ2n) is 4.28. The number of aromatic hydroxyl groups is 1. The number of hydrogen-bond donors (Lipinski definition) is 2. The normalized spacial score (nSPS) is 10.4. The number of hydrogen-bond acceptors (Lipinski definition) is 3. The van der Waals surface area contributed by atoms with E-state index in [2.05, 4.69) is 5.32 Å². The van der Waals surface area contributed by atoms with Gasteiger partial charge in [0.05, 0.1) is 11.8 Å². The molecular weight excluding hydrogens is 242 g/mol.